The van der Waals surface area contributed by atoms with Crippen molar-refractivity contribution in [1.29, 1.82) is 0 Å². The predicted molar refractivity (Wildman–Crippen MR) is 95.2 cm³/mol. The first-order chi connectivity index (χ1) is 12.1. The highest BCUT2D eigenvalue weighted by atomic mass is 16.3. The molecule has 2 fully saturated rings. The molecule has 2 amide bonds. The largest absolute Gasteiger partial charge is 0.389 e. The topological polar surface area (TPSA) is 72.9 Å². The summed E-state index contributed by atoms with van der Waals surface area (Å²) in [4.78, 5) is 28.5. The van der Waals surface area contributed by atoms with Gasteiger partial charge in [-0.2, -0.15) is 0 Å². The van der Waals surface area contributed by atoms with Crippen LogP contribution in [0.3, 0.4) is 0 Å². The third kappa shape index (κ3) is 4.80. The number of nitrogens with one attached hydrogen (secondary N) is 1. The number of carbonyl (C=O) groups excluding carboxylic acids is 2. The van der Waals surface area contributed by atoms with Crippen LogP contribution in [0, 0.1) is 0 Å². The maximum Gasteiger partial charge on any atom is 0.253 e. The van der Waals surface area contributed by atoms with Gasteiger partial charge >= 0.3 is 0 Å². The van der Waals surface area contributed by atoms with E-state index in [1.807, 2.05) is 18.2 Å². The number of likely N-dealkylation sites (tertiary alicyclic amines) is 2. The van der Waals surface area contributed by atoms with Crippen molar-refractivity contribution in [3.63, 3.8) is 0 Å². The van der Waals surface area contributed by atoms with Gasteiger partial charge in [0.05, 0.1) is 12.1 Å². The smallest absolute Gasteiger partial charge is 0.253 e. The molecule has 6 heteroatoms. The zero-order chi connectivity index (χ0) is 17.6. The lowest BCUT2D eigenvalue weighted by atomic mass is 10.0. The normalized spacial score (nSPS) is 24.3. The molecule has 3 rings (SSSR count). The lowest BCUT2D eigenvalue weighted by Crippen LogP contribution is -2.55. The number of piperidine rings is 1. The number of aliphatic hydroxyl groups excluding tert-OH is 1. The second kappa shape index (κ2) is 8.45. The standard InChI is InChI=1S/C19H27N3O3/c23-17-14-22(19(25)15-6-2-1-3-7-15)13-8-16(17)20-18(24)9-12-21-10-4-5-11-21/h1-3,6-7,16-17,23H,4-5,8-14H2,(H,20,24)/t16-,17-/m1/s1. The highest BCUT2D eigenvalue weighted by Crippen LogP contribution is 2.15. The van der Waals surface area contributed by atoms with E-state index in [0.717, 1.165) is 19.6 Å². The van der Waals surface area contributed by atoms with Crippen LogP contribution in [0.25, 0.3) is 0 Å². The van der Waals surface area contributed by atoms with Gasteiger partial charge in [-0.05, 0) is 44.5 Å². The summed E-state index contributed by atoms with van der Waals surface area (Å²) in [6.07, 6.45) is 2.75. The van der Waals surface area contributed by atoms with Crippen molar-refractivity contribution in [2.75, 3.05) is 32.7 Å². The van der Waals surface area contributed by atoms with E-state index in [9.17, 15) is 14.7 Å². The number of nitrogens with zero attached hydrogens (tertiary/aromatic N) is 2. The third-order valence-corrected chi connectivity index (χ3v) is 5.09. The molecule has 2 aliphatic rings. The van der Waals surface area contributed by atoms with Crippen molar-refractivity contribution >= 4 is 11.8 Å². The van der Waals surface area contributed by atoms with Crippen molar-refractivity contribution in [3.8, 4) is 0 Å². The van der Waals surface area contributed by atoms with Crippen molar-refractivity contribution in [2.45, 2.75) is 37.8 Å². The SMILES string of the molecule is O=C(CCN1CCCC1)N[C@@H]1CCN(C(=O)c2ccccc2)C[C@H]1O. The van der Waals surface area contributed by atoms with Crippen molar-refractivity contribution in [1.82, 2.24) is 15.1 Å². The Morgan fingerprint density at radius 1 is 1.12 bits per heavy atom. The van der Waals surface area contributed by atoms with Gasteiger partial charge in [0.2, 0.25) is 5.91 Å². The minimum absolute atomic E-state index is 0.0150. The number of hydrogen-bond acceptors (Lipinski definition) is 4. The lowest BCUT2D eigenvalue weighted by Gasteiger charge is -2.36. The van der Waals surface area contributed by atoms with E-state index in [2.05, 4.69) is 10.2 Å². The van der Waals surface area contributed by atoms with Gasteiger partial charge in [-0.25, -0.2) is 0 Å². The summed E-state index contributed by atoms with van der Waals surface area (Å²) in [6, 6.07) is 8.82. The molecule has 25 heavy (non-hydrogen) atoms. The molecule has 0 unspecified atom stereocenters. The Morgan fingerprint density at radius 3 is 2.52 bits per heavy atom. The lowest BCUT2D eigenvalue weighted by molar-refractivity contribution is -0.123. The first kappa shape index (κ1) is 17.9. The zero-order valence-corrected chi connectivity index (χ0v) is 14.6. The number of β-amino-alcohol motifs (C(OH)–C–C–N with tert-alkyl or cyclic N) is 1. The quantitative estimate of drug-likeness (QED) is 0.830. The fourth-order valence-corrected chi connectivity index (χ4v) is 3.59. The summed E-state index contributed by atoms with van der Waals surface area (Å²) in [5.41, 5.74) is 0.628. The summed E-state index contributed by atoms with van der Waals surface area (Å²) in [6.45, 7) is 3.74. The van der Waals surface area contributed by atoms with Crippen LogP contribution in [0.5, 0.6) is 0 Å². The number of carbonyl (C=O) groups is 2. The van der Waals surface area contributed by atoms with Crippen molar-refractivity contribution in [2.24, 2.45) is 0 Å². The third-order valence-electron chi connectivity index (χ3n) is 5.09. The molecule has 0 radical (unpaired) electrons. The van der Waals surface area contributed by atoms with Crippen LogP contribution in [0.2, 0.25) is 0 Å². The van der Waals surface area contributed by atoms with Gasteiger partial charge in [0, 0.05) is 31.6 Å². The molecule has 2 heterocycles. The molecule has 0 saturated carbocycles. The average Bonchev–Trinajstić information content (AvgIpc) is 3.15. The summed E-state index contributed by atoms with van der Waals surface area (Å²) in [5.74, 6) is -0.0859. The molecule has 0 bridgehead atoms. The van der Waals surface area contributed by atoms with Crippen LogP contribution in [0.4, 0.5) is 0 Å². The average molecular weight is 345 g/mol. The molecule has 0 spiro atoms. The Hall–Kier alpha value is -1.92. The van der Waals surface area contributed by atoms with Gasteiger partial charge in [0.15, 0.2) is 0 Å². The number of aliphatic hydroxyl groups is 1. The van der Waals surface area contributed by atoms with Gasteiger partial charge in [-0.1, -0.05) is 18.2 Å². The molecule has 0 aliphatic carbocycles. The van der Waals surface area contributed by atoms with E-state index in [4.69, 9.17) is 0 Å². The Labute approximate surface area is 148 Å². The van der Waals surface area contributed by atoms with E-state index < -0.39 is 6.10 Å². The van der Waals surface area contributed by atoms with Crippen LogP contribution in [0.15, 0.2) is 30.3 Å². The maximum atomic E-state index is 12.4. The highest BCUT2D eigenvalue weighted by Gasteiger charge is 2.31. The Kier molecular flexibility index (Phi) is 6.04. The van der Waals surface area contributed by atoms with Gasteiger partial charge in [0.1, 0.15) is 0 Å². The van der Waals surface area contributed by atoms with Crippen molar-refractivity contribution in [3.05, 3.63) is 35.9 Å². The maximum absolute atomic E-state index is 12.4. The zero-order valence-electron chi connectivity index (χ0n) is 14.6. The van der Waals surface area contributed by atoms with Crippen LogP contribution < -0.4 is 5.32 Å². The van der Waals surface area contributed by atoms with Crippen LogP contribution in [-0.2, 0) is 4.79 Å². The van der Waals surface area contributed by atoms with Gasteiger partial charge in [-0.3, -0.25) is 9.59 Å². The molecular formula is C19H27N3O3. The van der Waals surface area contributed by atoms with E-state index >= 15 is 0 Å². The Morgan fingerprint density at radius 2 is 1.84 bits per heavy atom. The predicted octanol–water partition coefficient (Wildman–Crippen LogP) is 0.864. The molecule has 2 atom stereocenters. The molecule has 2 saturated heterocycles. The second-order valence-corrected chi connectivity index (χ2v) is 6.95. The first-order valence-electron chi connectivity index (χ1n) is 9.17. The Bertz CT molecular complexity index is 587. The summed E-state index contributed by atoms with van der Waals surface area (Å²) < 4.78 is 0. The van der Waals surface area contributed by atoms with Crippen LogP contribution in [-0.4, -0.2) is 71.6 Å². The molecular weight excluding hydrogens is 318 g/mol. The summed E-state index contributed by atoms with van der Waals surface area (Å²) in [5, 5.41) is 13.3. The van der Waals surface area contributed by atoms with E-state index in [0.29, 0.717) is 24.9 Å². The highest BCUT2D eigenvalue weighted by molar-refractivity contribution is 5.94. The molecule has 2 N–H and O–H groups in total. The minimum Gasteiger partial charge on any atom is -0.389 e. The van der Waals surface area contributed by atoms with Gasteiger partial charge < -0.3 is 20.2 Å². The van der Waals surface area contributed by atoms with E-state index in [1.54, 1.807) is 17.0 Å². The van der Waals surface area contributed by atoms with Crippen LogP contribution >= 0.6 is 0 Å². The number of hydrogen-bond donors (Lipinski definition) is 2. The summed E-state index contributed by atoms with van der Waals surface area (Å²) >= 11 is 0. The van der Waals surface area contributed by atoms with E-state index in [1.165, 1.54) is 12.8 Å². The molecule has 0 aromatic heterocycles. The molecule has 6 nitrogen and oxygen atoms in total. The second-order valence-electron chi connectivity index (χ2n) is 6.95. The van der Waals surface area contributed by atoms with Gasteiger partial charge in [0.25, 0.3) is 5.91 Å². The molecule has 1 aromatic carbocycles. The van der Waals surface area contributed by atoms with Gasteiger partial charge in [-0.15, -0.1) is 0 Å². The minimum atomic E-state index is -0.725. The number of benzene rings is 1. The molecule has 2 aliphatic heterocycles. The van der Waals surface area contributed by atoms with E-state index in [-0.39, 0.29) is 24.4 Å². The fraction of sp³-hybridized carbons (Fsp3) is 0.579. The Balaban J connectivity index is 1.45. The molecule has 136 valence electrons. The number of rotatable bonds is 5. The monoisotopic (exact) mass is 345 g/mol. The first-order valence-corrected chi connectivity index (χ1v) is 9.17. The van der Waals surface area contributed by atoms with Crippen molar-refractivity contribution < 1.29 is 14.7 Å². The van der Waals surface area contributed by atoms with Crippen LogP contribution in [0.1, 0.15) is 36.0 Å². The summed E-state index contributed by atoms with van der Waals surface area (Å²) in [7, 11) is 0. The fourth-order valence-electron chi connectivity index (χ4n) is 3.59. The number of amides is 2. The molecule has 1 aromatic rings.